The zero-order chi connectivity index (χ0) is 15.6. The molecule has 1 saturated heterocycles. The van der Waals surface area contributed by atoms with E-state index in [-0.39, 0.29) is 28.4 Å². The number of benzene rings is 1. The van der Waals surface area contributed by atoms with Gasteiger partial charge in [-0.2, -0.15) is 0 Å². The van der Waals surface area contributed by atoms with E-state index in [1.807, 2.05) is 0 Å². The lowest BCUT2D eigenvalue weighted by atomic mass is 10.1. The highest BCUT2D eigenvalue weighted by molar-refractivity contribution is 7.89. The first-order chi connectivity index (χ1) is 9.81. The standard InChI is InChI=1S/C12H16ClN3O4S.ClH/c1-8-6-10(16(17)18)12(13)11(7-8)21(19,20)15-9-2-4-14-5-3-9;/h6-7,9,14-15H,2-5H2,1H3;1H. The molecular formula is C12H17Cl2N3O4S. The molecule has 22 heavy (non-hydrogen) atoms. The van der Waals surface area contributed by atoms with Crippen molar-refractivity contribution in [3.63, 3.8) is 0 Å². The van der Waals surface area contributed by atoms with Gasteiger partial charge in [0.25, 0.3) is 5.69 Å². The van der Waals surface area contributed by atoms with Gasteiger partial charge in [0.05, 0.1) is 4.92 Å². The third-order valence-corrected chi connectivity index (χ3v) is 5.37. The Labute approximate surface area is 140 Å². The van der Waals surface area contributed by atoms with Crippen LogP contribution in [0.2, 0.25) is 5.02 Å². The van der Waals surface area contributed by atoms with Crippen molar-refractivity contribution in [2.24, 2.45) is 0 Å². The molecule has 0 amide bonds. The van der Waals surface area contributed by atoms with Crippen LogP contribution in [0.15, 0.2) is 17.0 Å². The lowest BCUT2D eigenvalue weighted by Crippen LogP contribution is -2.42. The van der Waals surface area contributed by atoms with Crippen molar-refractivity contribution in [2.75, 3.05) is 13.1 Å². The van der Waals surface area contributed by atoms with E-state index in [0.717, 1.165) is 13.1 Å². The van der Waals surface area contributed by atoms with E-state index < -0.39 is 20.6 Å². The van der Waals surface area contributed by atoms with E-state index in [1.54, 1.807) is 6.92 Å². The van der Waals surface area contributed by atoms with E-state index in [1.165, 1.54) is 12.1 Å². The Bertz CT molecular complexity index is 661. The highest BCUT2D eigenvalue weighted by atomic mass is 35.5. The number of hydrogen-bond acceptors (Lipinski definition) is 5. The molecule has 7 nitrogen and oxygen atoms in total. The second-order valence-electron chi connectivity index (χ2n) is 5.00. The van der Waals surface area contributed by atoms with Gasteiger partial charge in [-0.1, -0.05) is 11.6 Å². The maximum absolute atomic E-state index is 12.4. The second kappa shape index (κ2) is 7.56. The normalized spacial score (nSPS) is 16.1. The van der Waals surface area contributed by atoms with Gasteiger partial charge in [-0.15, -0.1) is 12.4 Å². The molecule has 124 valence electrons. The summed E-state index contributed by atoms with van der Waals surface area (Å²) in [7, 11) is -3.88. The number of piperidine rings is 1. The fourth-order valence-electron chi connectivity index (χ4n) is 2.27. The zero-order valence-corrected chi connectivity index (χ0v) is 14.2. The van der Waals surface area contributed by atoms with Gasteiger partial charge in [0.2, 0.25) is 10.0 Å². The van der Waals surface area contributed by atoms with E-state index in [4.69, 9.17) is 11.6 Å². The minimum Gasteiger partial charge on any atom is -0.317 e. The van der Waals surface area contributed by atoms with Gasteiger partial charge in [-0.3, -0.25) is 10.1 Å². The molecule has 1 fully saturated rings. The first kappa shape index (κ1) is 19.1. The van der Waals surface area contributed by atoms with Crippen LogP contribution in [0.4, 0.5) is 5.69 Å². The molecular weight excluding hydrogens is 353 g/mol. The summed E-state index contributed by atoms with van der Waals surface area (Å²) >= 11 is 5.90. The maximum atomic E-state index is 12.4. The quantitative estimate of drug-likeness (QED) is 0.624. The molecule has 1 aliphatic rings. The number of rotatable bonds is 4. The number of halogens is 2. The summed E-state index contributed by atoms with van der Waals surface area (Å²) in [6.45, 7) is 3.05. The van der Waals surface area contributed by atoms with Crippen molar-refractivity contribution in [3.8, 4) is 0 Å². The molecule has 2 rings (SSSR count). The number of sulfonamides is 1. The van der Waals surface area contributed by atoms with E-state index in [2.05, 4.69) is 10.0 Å². The fourth-order valence-corrected chi connectivity index (χ4v) is 4.23. The van der Waals surface area contributed by atoms with E-state index >= 15 is 0 Å². The number of nitro benzene ring substituents is 1. The molecule has 0 saturated carbocycles. The second-order valence-corrected chi connectivity index (χ2v) is 7.06. The largest absolute Gasteiger partial charge is 0.317 e. The minimum atomic E-state index is -3.88. The third kappa shape index (κ3) is 4.30. The Morgan fingerprint density at radius 2 is 1.95 bits per heavy atom. The summed E-state index contributed by atoms with van der Waals surface area (Å²) in [5.74, 6) is 0. The number of nitro groups is 1. The van der Waals surface area contributed by atoms with Gasteiger partial charge in [0, 0.05) is 12.1 Å². The van der Waals surface area contributed by atoms with Crippen molar-refractivity contribution in [1.82, 2.24) is 10.0 Å². The third-order valence-electron chi connectivity index (χ3n) is 3.31. The first-order valence-corrected chi connectivity index (χ1v) is 8.35. The molecule has 0 bridgehead atoms. The summed E-state index contributed by atoms with van der Waals surface area (Å²) in [6, 6.07) is 2.41. The molecule has 0 spiro atoms. The van der Waals surface area contributed by atoms with Crippen LogP contribution in [0.3, 0.4) is 0 Å². The van der Waals surface area contributed by atoms with Gasteiger partial charge in [-0.05, 0) is 44.5 Å². The lowest BCUT2D eigenvalue weighted by molar-refractivity contribution is -0.385. The summed E-state index contributed by atoms with van der Waals surface area (Å²) in [5, 5.41) is 13.7. The van der Waals surface area contributed by atoms with Crippen LogP contribution >= 0.6 is 24.0 Å². The van der Waals surface area contributed by atoms with Crippen molar-refractivity contribution in [2.45, 2.75) is 30.7 Å². The topological polar surface area (TPSA) is 101 Å². The highest BCUT2D eigenvalue weighted by Crippen LogP contribution is 2.32. The van der Waals surface area contributed by atoms with Gasteiger partial charge >= 0.3 is 0 Å². The molecule has 10 heteroatoms. The van der Waals surface area contributed by atoms with Crippen molar-refractivity contribution in [1.29, 1.82) is 0 Å². The molecule has 0 aliphatic carbocycles. The number of hydrogen-bond donors (Lipinski definition) is 2. The Kier molecular flexibility index (Phi) is 6.57. The molecule has 1 aromatic carbocycles. The summed E-state index contributed by atoms with van der Waals surface area (Å²) in [5.41, 5.74) is 0.0686. The predicted octanol–water partition coefficient (Wildman–Crippen LogP) is 2.01. The highest BCUT2D eigenvalue weighted by Gasteiger charge is 2.28. The summed E-state index contributed by atoms with van der Waals surface area (Å²) in [4.78, 5) is 10.0. The van der Waals surface area contributed by atoms with E-state index in [0.29, 0.717) is 18.4 Å². The molecule has 0 radical (unpaired) electrons. The molecule has 2 N–H and O–H groups in total. The Hall–Kier alpha value is -0.930. The van der Waals surface area contributed by atoms with Crippen LogP contribution < -0.4 is 10.0 Å². The summed E-state index contributed by atoms with van der Waals surface area (Å²) in [6.07, 6.45) is 1.34. The maximum Gasteiger partial charge on any atom is 0.289 e. The van der Waals surface area contributed by atoms with Crippen LogP contribution in [-0.4, -0.2) is 32.5 Å². The minimum absolute atomic E-state index is 0. The van der Waals surface area contributed by atoms with Gasteiger partial charge in [-0.25, -0.2) is 13.1 Å². The Balaban J connectivity index is 0.00000242. The van der Waals surface area contributed by atoms with Crippen LogP contribution in [0, 0.1) is 17.0 Å². The number of nitrogens with one attached hydrogen (secondary N) is 2. The van der Waals surface area contributed by atoms with Crippen molar-refractivity contribution in [3.05, 3.63) is 32.8 Å². The Morgan fingerprint density at radius 3 is 2.50 bits per heavy atom. The monoisotopic (exact) mass is 369 g/mol. The predicted molar refractivity (Wildman–Crippen MR) is 86.3 cm³/mol. The number of aryl methyl sites for hydroxylation is 1. The lowest BCUT2D eigenvalue weighted by Gasteiger charge is -2.23. The van der Waals surface area contributed by atoms with Crippen LogP contribution in [0.25, 0.3) is 0 Å². The van der Waals surface area contributed by atoms with Crippen LogP contribution in [0.5, 0.6) is 0 Å². The fraction of sp³-hybridized carbons (Fsp3) is 0.500. The summed E-state index contributed by atoms with van der Waals surface area (Å²) < 4.78 is 27.4. The molecule has 0 aromatic heterocycles. The molecule has 1 aliphatic heterocycles. The van der Waals surface area contributed by atoms with Gasteiger partial charge in [0.15, 0.2) is 0 Å². The van der Waals surface area contributed by atoms with Crippen molar-refractivity contribution < 1.29 is 13.3 Å². The zero-order valence-electron chi connectivity index (χ0n) is 11.8. The average Bonchev–Trinajstić information content (AvgIpc) is 2.41. The SMILES string of the molecule is Cc1cc([N+](=O)[O-])c(Cl)c(S(=O)(=O)NC2CCNCC2)c1.Cl. The average molecular weight is 370 g/mol. The molecule has 1 heterocycles. The molecule has 1 aromatic rings. The van der Waals surface area contributed by atoms with Gasteiger partial charge in [0.1, 0.15) is 9.92 Å². The smallest absolute Gasteiger partial charge is 0.289 e. The molecule has 0 atom stereocenters. The molecule has 0 unspecified atom stereocenters. The Morgan fingerprint density at radius 1 is 1.36 bits per heavy atom. The van der Waals surface area contributed by atoms with Crippen LogP contribution in [-0.2, 0) is 10.0 Å². The van der Waals surface area contributed by atoms with E-state index in [9.17, 15) is 18.5 Å². The van der Waals surface area contributed by atoms with Gasteiger partial charge < -0.3 is 5.32 Å². The first-order valence-electron chi connectivity index (χ1n) is 6.49. The van der Waals surface area contributed by atoms with Crippen molar-refractivity contribution >= 4 is 39.7 Å². The van der Waals surface area contributed by atoms with Crippen LogP contribution in [0.1, 0.15) is 18.4 Å². The number of nitrogens with zero attached hydrogens (tertiary/aromatic N) is 1.